The van der Waals surface area contributed by atoms with Crippen LogP contribution < -0.4 is 0 Å². The molecule has 3 rings (SSSR count). The van der Waals surface area contributed by atoms with E-state index in [2.05, 4.69) is 48.6 Å². The van der Waals surface area contributed by atoms with Gasteiger partial charge in [0, 0.05) is 0 Å². The zero-order valence-corrected chi connectivity index (χ0v) is 11.7. The second-order valence-corrected chi connectivity index (χ2v) is 5.01. The van der Waals surface area contributed by atoms with Crippen molar-refractivity contribution in [2.75, 3.05) is 0 Å². The van der Waals surface area contributed by atoms with Gasteiger partial charge < -0.3 is 0 Å². The minimum atomic E-state index is 1.14. The van der Waals surface area contributed by atoms with E-state index in [-0.39, 0.29) is 0 Å². The third-order valence-corrected chi connectivity index (χ3v) is 3.31. The quantitative estimate of drug-likeness (QED) is 0.481. The molecule has 3 aliphatic rings. The lowest BCUT2D eigenvalue weighted by Crippen LogP contribution is -1.85. The van der Waals surface area contributed by atoms with Crippen molar-refractivity contribution < 1.29 is 0 Å². The summed E-state index contributed by atoms with van der Waals surface area (Å²) in [5, 5.41) is 0. The highest BCUT2D eigenvalue weighted by atomic mass is 14.0. The van der Waals surface area contributed by atoms with Crippen LogP contribution in [0.2, 0.25) is 0 Å². The molecule has 0 amide bonds. The molecule has 0 atom stereocenters. The normalized spacial score (nSPS) is 20.4. The van der Waals surface area contributed by atoms with Gasteiger partial charge in [-0.2, -0.15) is 0 Å². The van der Waals surface area contributed by atoms with Gasteiger partial charge in [-0.3, -0.25) is 0 Å². The molecule has 0 aromatic carbocycles. The fourth-order valence-electron chi connectivity index (χ4n) is 2.20. The van der Waals surface area contributed by atoms with E-state index in [1.807, 2.05) is 0 Å². The summed E-state index contributed by atoms with van der Waals surface area (Å²) in [5.41, 5.74) is 0. The SMILES string of the molecule is C1=CCC=C1.C1=CCC=C1.C1CCCCCCC1. The van der Waals surface area contributed by atoms with Gasteiger partial charge in [-0.15, -0.1) is 0 Å². The third kappa shape index (κ3) is 10.1. The van der Waals surface area contributed by atoms with Crippen LogP contribution in [-0.4, -0.2) is 0 Å². The van der Waals surface area contributed by atoms with E-state index >= 15 is 0 Å². The van der Waals surface area contributed by atoms with Crippen LogP contribution in [0.25, 0.3) is 0 Å². The summed E-state index contributed by atoms with van der Waals surface area (Å²) in [4.78, 5) is 0. The van der Waals surface area contributed by atoms with E-state index in [4.69, 9.17) is 0 Å². The van der Waals surface area contributed by atoms with Gasteiger partial charge in [0.25, 0.3) is 0 Å². The predicted octanol–water partition coefficient (Wildman–Crippen LogP) is 6.13. The predicted molar refractivity (Wildman–Crippen MR) is 82.7 cm³/mol. The van der Waals surface area contributed by atoms with Gasteiger partial charge in [0.1, 0.15) is 0 Å². The van der Waals surface area contributed by atoms with Crippen molar-refractivity contribution in [2.45, 2.75) is 64.2 Å². The number of rotatable bonds is 0. The first-order valence-corrected chi connectivity index (χ1v) is 7.63. The smallest absolute Gasteiger partial charge is 0.0163 e. The molecule has 0 bridgehead atoms. The summed E-state index contributed by atoms with van der Waals surface area (Å²) in [6.07, 6.45) is 31.0. The topological polar surface area (TPSA) is 0 Å². The number of hydrogen-bond acceptors (Lipinski definition) is 0. The monoisotopic (exact) mass is 244 g/mol. The maximum atomic E-state index is 2.12. The van der Waals surface area contributed by atoms with Crippen LogP contribution in [0.1, 0.15) is 64.2 Å². The van der Waals surface area contributed by atoms with E-state index < -0.39 is 0 Å². The van der Waals surface area contributed by atoms with E-state index in [0.717, 1.165) is 12.8 Å². The molecule has 1 saturated carbocycles. The second kappa shape index (κ2) is 12.4. The molecule has 100 valence electrons. The molecule has 0 aromatic rings. The number of allylic oxidation sites excluding steroid dienone is 8. The molecule has 0 saturated heterocycles. The molecule has 1 fully saturated rings. The Labute approximate surface area is 113 Å². The highest BCUT2D eigenvalue weighted by molar-refractivity contribution is 5.12. The zero-order valence-electron chi connectivity index (χ0n) is 11.7. The second-order valence-electron chi connectivity index (χ2n) is 5.01. The van der Waals surface area contributed by atoms with Crippen LogP contribution >= 0.6 is 0 Å². The summed E-state index contributed by atoms with van der Waals surface area (Å²) in [6, 6.07) is 0. The lowest BCUT2D eigenvalue weighted by molar-refractivity contribution is 0.504. The van der Waals surface area contributed by atoms with Gasteiger partial charge in [0.05, 0.1) is 0 Å². The Morgan fingerprint density at radius 2 is 0.556 bits per heavy atom. The first kappa shape index (κ1) is 15.0. The van der Waals surface area contributed by atoms with Gasteiger partial charge >= 0.3 is 0 Å². The molecular weight excluding hydrogens is 216 g/mol. The summed E-state index contributed by atoms with van der Waals surface area (Å²) in [6.45, 7) is 0. The number of hydrogen-bond donors (Lipinski definition) is 0. The molecule has 0 unspecified atom stereocenters. The molecule has 0 nitrogen and oxygen atoms in total. The summed E-state index contributed by atoms with van der Waals surface area (Å²) < 4.78 is 0. The van der Waals surface area contributed by atoms with Gasteiger partial charge in [0.15, 0.2) is 0 Å². The zero-order chi connectivity index (χ0) is 12.7. The van der Waals surface area contributed by atoms with Crippen LogP contribution in [0, 0.1) is 0 Å². The highest BCUT2D eigenvalue weighted by Gasteiger charge is 1.95. The first-order valence-electron chi connectivity index (χ1n) is 7.63. The molecule has 0 N–H and O–H groups in total. The first-order chi connectivity index (χ1) is 9.00. The van der Waals surface area contributed by atoms with Gasteiger partial charge in [0.2, 0.25) is 0 Å². The van der Waals surface area contributed by atoms with Crippen molar-refractivity contribution in [2.24, 2.45) is 0 Å². The maximum absolute atomic E-state index is 2.12. The molecule has 0 aromatic heterocycles. The Morgan fingerprint density at radius 3 is 0.667 bits per heavy atom. The van der Waals surface area contributed by atoms with Crippen LogP contribution in [0.5, 0.6) is 0 Å². The third-order valence-electron chi connectivity index (χ3n) is 3.31. The molecule has 0 heteroatoms. The van der Waals surface area contributed by atoms with Gasteiger partial charge in [-0.05, 0) is 12.8 Å². The van der Waals surface area contributed by atoms with Crippen molar-refractivity contribution >= 4 is 0 Å². The van der Waals surface area contributed by atoms with Crippen molar-refractivity contribution in [1.82, 2.24) is 0 Å². The standard InChI is InChI=1S/C8H16.2C5H6/c1-2-4-6-8-7-5-3-1;2*1-2-4-5-3-1/h1-8H2;2*1-4H,5H2. The van der Waals surface area contributed by atoms with E-state index in [9.17, 15) is 0 Å². The van der Waals surface area contributed by atoms with Crippen LogP contribution in [0.3, 0.4) is 0 Å². The van der Waals surface area contributed by atoms with E-state index in [1.165, 1.54) is 51.4 Å². The van der Waals surface area contributed by atoms with Crippen molar-refractivity contribution in [1.29, 1.82) is 0 Å². The van der Waals surface area contributed by atoms with Gasteiger partial charge in [-0.25, -0.2) is 0 Å². The average Bonchev–Trinajstić information content (AvgIpc) is 3.08. The fraction of sp³-hybridized carbons (Fsp3) is 0.556. The summed E-state index contributed by atoms with van der Waals surface area (Å²) >= 11 is 0. The minimum absolute atomic E-state index is 1.14. The van der Waals surface area contributed by atoms with Crippen molar-refractivity contribution in [3.63, 3.8) is 0 Å². The molecule has 0 heterocycles. The van der Waals surface area contributed by atoms with Crippen LogP contribution in [0.4, 0.5) is 0 Å². The minimum Gasteiger partial charge on any atom is -0.0808 e. The Hall–Kier alpha value is -1.04. The van der Waals surface area contributed by atoms with Crippen LogP contribution in [0.15, 0.2) is 48.6 Å². The Balaban J connectivity index is 0.000000141. The van der Waals surface area contributed by atoms with Crippen molar-refractivity contribution in [3.8, 4) is 0 Å². The Kier molecular flexibility index (Phi) is 10.4. The molecule has 0 radical (unpaired) electrons. The Morgan fingerprint density at radius 1 is 0.333 bits per heavy atom. The van der Waals surface area contributed by atoms with Gasteiger partial charge in [-0.1, -0.05) is 100.0 Å². The van der Waals surface area contributed by atoms with Crippen LogP contribution in [-0.2, 0) is 0 Å². The summed E-state index contributed by atoms with van der Waals surface area (Å²) in [7, 11) is 0. The molecular formula is C18H28. The molecule has 18 heavy (non-hydrogen) atoms. The van der Waals surface area contributed by atoms with Crippen molar-refractivity contribution in [3.05, 3.63) is 48.6 Å². The Bertz CT molecular complexity index is 212. The molecule has 3 aliphatic carbocycles. The summed E-state index contributed by atoms with van der Waals surface area (Å²) in [5.74, 6) is 0. The highest BCUT2D eigenvalue weighted by Crippen LogP contribution is 2.15. The maximum Gasteiger partial charge on any atom is -0.0163 e. The lowest BCUT2D eigenvalue weighted by Gasteiger charge is -2.05. The average molecular weight is 244 g/mol. The molecule has 0 spiro atoms. The lowest BCUT2D eigenvalue weighted by atomic mass is 10.0. The molecule has 0 aliphatic heterocycles. The fourth-order valence-corrected chi connectivity index (χ4v) is 2.20. The largest absolute Gasteiger partial charge is 0.0808 e. The van der Waals surface area contributed by atoms with E-state index in [1.54, 1.807) is 0 Å². The van der Waals surface area contributed by atoms with E-state index in [0.29, 0.717) is 0 Å².